The second-order valence-electron chi connectivity index (χ2n) is 4.85. The van der Waals surface area contributed by atoms with Crippen molar-refractivity contribution in [2.75, 3.05) is 19.6 Å². The maximum Gasteiger partial charge on any atom is 0.239 e. The number of nitrogens with zero attached hydrogens (tertiary/aromatic N) is 2. The number of hydrogen-bond acceptors (Lipinski definition) is 4. The lowest BCUT2D eigenvalue weighted by atomic mass is 10.2. The molecule has 2 aromatic rings. The number of carbonyl (C=O) groups is 2. The third kappa shape index (κ3) is 3.28. The zero-order valence-electron chi connectivity index (χ0n) is 11.4. The van der Waals surface area contributed by atoms with Gasteiger partial charge in [0.25, 0.3) is 0 Å². The van der Waals surface area contributed by atoms with Crippen LogP contribution in [0.15, 0.2) is 35.7 Å². The minimum Gasteiger partial charge on any atom is -0.353 e. The van der Waals surface area contributed by atoms with Crippen molar-refractivity contribution in [2.45, 2.75) is 6.42 Å². The highest BCUT2D eigenvalue weighted by Gasteiger charge is 2.21. The number of amides is 2. The number of thiazole rings is 1. The van der Waals surface area contributed by atoms with Gasteiger partial charge in [0.15, 0.2) is 0 Å². The van der Waals surface area contributed by atoms with Gasteiger partial charge in [-0.2, -0.15) is 0 Å². The first-order valence-electron chi connectivity index (χ1n) is 6.76. The number of piperazine rings is 1. The number of rotatable bonds is 3. The van der Waals surface area contributed by atoms with Crippen molar-refractivity contribution in [1.82, 2.24) is 15.2 Å². The second kappa shape index (κ2) is 6.05. The molecule has 0 bridgehead atoms. The molecule has 1 N–H and O–H groups in total. The molecule has 1 aliphatic rings. The van der Waals surface area contributed by atoms with Gasteiger partial charge in [0.1, 0.15) is 5.01 Å². The van der Waals surface area contributed by atoms with E-state index in [2.05, 4.69) is 10.3 Å². The zero-order chi connectivity index (χ0) is 14.7. The average molecular weight is 301 g/mol. The summed E-state index contributed by atoms with van der Waals surface area (Å²) in [4.78, 5) is 29.6. The van der Waals surface area contributed by atoms with E-state index in [9.17, 15) is 9.59 Å². The minimum atomic E-state index is -0.0992. The van der Waals surface area contributed by atoms with Gasteiger partial charge in [0, 0.05) is 24.0 Å². The van der Waals surface area contributed by atoms with Gasteiger partial charge in [-0.25, -0.2) is 4.98 Å². The van der Waals surface area contributed by atoms with Crippen LogP contribution >= 0.6 is 11.3 Å². The molecule has 2 amide bonds. The van der Waals surface area contributed by atoms with E-state index in [1.165, 1.54) is 11.3 Å². The highest BCUT2D eigenvalue weighted by Crippen LogP contribution is 2.23. The molecule has 0 unspecified atom stereocenters. The molecular weight excluding hydrogens is 286 g/mol. The summed E-state index contributed by atoms with van der Waals surface area (Å²) in [5.41, 5.74) is 1.81. The van der Waals surface area contributed by atoms with E-state index in [1.54, 1.807) is 4.90 Å². The van der Waals surface area contributed by atoms with Crippen LogP contribution in [-0.2, 0) is 16.0 Å². The fourth-order valence-electron chi connectivity index (χ4n) is 2.22. The van der Waals surface area contributed by atoms with Crippen LogP contribution in [0.25, 0.3) is 10.6 Å². The van der Waals surface area contributed by atoms with Gasteiger partial charge in [-0.3, -0.25) is 9.59 Å². The van der Waals surface area contributed by atoms with Crippen LogP contribution in [0.4, 0.5) is 0 Å². The average Bonchev–Trinajstić information content (AvgIpc) is 2.97. The molecule has 1 aromatic heterocycles. The number of nitrogens with one attached hydrogen (secondary N) is 1. The smallest absolute Gasteiger partial charge is 0.239 e. The molecule has 5 nitrogen and oxygen atoms in total. The summed E-state index contributed by atoms with van der Waals surface area (Å²) in [6, 6.07) is 9.89. The number of benzene rings is 1. The Bertz CT molecular complexity index is 654. The van der Waals surface area contributed by atoms with Crippen LogP contribution in [0, 0.1) is 0 Å². The van der Waals surface area contributed by atoms with Crippen molar-refractivity contribution in [1.29, 1.82) is 0 Å². The van der Waals surface area contributed by atoms with Crippen LogP contribution < -0.4 is 5.32 Å². The first-order valence-corrected chi connectivity index (χ1v) is 7.64. The van der Waals surface area contributed by atoms with Crippen LogP contribution in [0.3, 0.4) is 0 Å². The Kier molecular flexibility index (Phi) is 3.96. The molecule has 2 heterocycles. The van der Waals surface area contributed by atoms with E-state index >= 15 is 0 Å². The lowest BCUT2D eigenvalue weighted by molar-refractivity contribution is -0.137. The standard InChI is InChI=1S/C15H15N3O2S/c19-13-9-18(7-6-16-13)14(20)8-12-10-21-15(17-12)11-4-2-1-3-5-11/h1-5,10H,6-9H2,(H,16,19). The quantitative estimate of drug-likeness (QED) is 0.930. The van der Waals surface area contributed by atoms with Gasteiger partial charge in [-0.1, -0.05) is 30.3 Å². The summed E-state index contributed by atoms with van der Waals surface area (Å²) in [7, 11) is 0. The van der Waals surface area contributed by atoms with Gasteiger partial charge < -0.3 is 10.2 Å². The van der Waals surface area contributed by atoms with E-state index in [-0.39, 0.29) is 24.8 Å². The molecule has 1 saturated heterocycles. The van der Waals surface area contributed by atoms with Crippen LogP contribution in [0.5, 0.6) is 0 Å². The van der Waals surface area contributed by atoms with Gasteiger partial charge in [-0.15, -0.1) is 11.3 Å². The molecule has 0 radical (unpaired) electrons. The van der Waals surface area contributed by atoms with Crippen LogP contribution in [0.1, 0.15) is 5.69 Å². The highest BCUT2D eigenvalue weighted by molar-refractivity contribution is 7.13. The maximum absolute atomic E-state index is 12.2. The van der Waals surface area contributed by atoms with Crippen molar-refractivity contribution < 1.29 is 9.59 Å². The van der Waals surface area contributed by atoms with E-state index in [4.69, 9.17) is 0 Å². The van der Waals surface area contributed by atoms with E-state index in [0.29, 0.717) is 13.1 Å². The fourth-order valence-corrected chi connectivity index (χ4v) is 3.05. The Hall–Kier alpha value is -2.21. The molecule has 1 aromatic carbocycles. The Morgan fingerprint density at radius 2 is 2.14 bits per heavy atom. The van der Waals surface area contributed by atoms with E-state index in [1.807, 2.05) is 35.7 Å². The third-order valence-corrected chi connectivity index (χ3v) is 4.24. The van der Waals surface area contributed by atoms with Crippen LogP contribution in [0.2, 0.25) is 0 Å². The fraction of sp³-hybridized carbons (Fsp3) is 0.267. The van der Waals surface area contributed by atoms with E-state index < -0.39 is 0 Å². The molecule has 0 aliphatic carbocycles. The van der Waals surface area contributed by atoms with Crippen molar-refractivity contribution in [2.24, 2.45) is 0 Å². The van der Waals surface area contributed by atoms with Crippen molar-refractivity contribution in [3.63, 3.8) is 0 Å². The van der Waals surface area contributed by atoms with E-state index in [0.717, 1.165) is 16.3 Å². The molecule has 21 heavy (non-hydrogen) atoms. The lowest BCUT2D eigenvalue weighted by Crippen LogP contribution is -2.50. The molecule has 0 spiro atoms. The predicted octanol–water partition coefficient (Wildman–Crippen LogP) is 1.31. The summed E-state index contributed by atoms with van der Waals surface area (Å²) in [6.45, 7) is 1.24. The minimum absolute atomic E-state index is 0.0465. The molecule has 1 aliphatic heterocycles. The first kappa shape index (κ1) is 13.8. The largest absolute Gasteiger partial charge is 0.353 e. The Morgan fingerprint density at radius 3 is 2.90 bits per heavy atom. The van der Waals surface area contributed by atoms with Gasteiger partial charge in [0.05, 0.1) is 18.7 Å². The topological polar surface area (TPSA) is 62.3 Å². The van der Waals surface area contributed by atoms with Gasteiger partial charge in [0.2, 0.25) is 11.8 Å². The zero-order valence-corrected chi connectivity index (χ0v) is 12.2. The summed E-state index contributed by atoms with van der Waals surface area (Å²) in [6.07, 6.45) is 0.247. The molecular formula is C15H15N3O2S. The molecule has 1 fully saturated rings. The second-order valence-corrected chi connectivity index (χ2v) is 5.71. The van der Waals surface area contributed by atoms with Gasteiger partial charge >= 0.3 is 0 Å². The van der Waals surface area contributed by atoms with Crippen LogP contribution in [-0.4, -0.2) is 41.3 Å². The first-order chi connectivity index (χ1) is 10.2. The monoisotopic (exact) mass is 301 g/mol. The summed E-state index contributed by atoms with van der Waals surface area (Å²) >= 11 is 1.53. The van der Waals surface area contributed by atoms with Crippen molar-refractivity contribution in [3.8, 4) is 10.6 Å². The Morgan fingerprint density at radius 1 is 1.33 bits per heavy atom. The molecule has 3 rings (SSSR count). The number of hydrogen-bond donors (Lipinski definition) is 1. The predicted molar refractivity (Wildman–Crippen MR) is 80.8 cm³/mol. The van der Waals surface area contributed by atoms with Gasteiger partial charge in [-0.05, 0) is 0 Å². The lowest BCUT2D eigenvalue weighted by Gasteiger charge is -2.26. The number of aromatic nitrogens is 1. The van der Waals surface area contributed by atoms with Crippen molar-refractivity contribution in [3.05, 3.63) is 41.4 Å². The molecule has 108 valence electrons. The molecule has 6 heteroatoms. The van der Waals surface area contributed by atoms with Crippen molar-refractivity contribution >= 4 is 23.2 Å². The third-order valence-electron chi connectivity index (χ3n) is 3.30. The SMILES string of the molecule is O=C1CN(C(=O)Cc2csc(-c3ccccc3)n2)CCN1. The Balaban J connectivity index is 1.67. The summed E-state index contributed by atoms with van der Waals surface area (Å²) in [5, 5.41) is 5.53. The Labute approximate surface area is 126 Å². The summed E-state index contributed by atoms with van der Waals surface area (Å²) < 4.78 is 0. The molecule has 0 saturated carbocycles. The normalized spacial score (nSPS) is 14.9. The maximum atomic E-state index is 12.2. The highest BCUT2D eigenvalue weighted by atomic mass is 32.1. The molecule has 0 atom stereocenters. The number of carbonyl (C=O) groups excluding carboxylic acids is 2. The summed E-state index contributed by atoms with van der Waals surface area (Å²) in [5.74, 6) is -0.146.